The molecule has 0 aliphatic heterocycles. The van der Waals surface area contributed by atoms with E-state index in [0.29, 0.717) is 19.7 Å². The van der Waals surface area contributed by atoms with Crippen molar-refractivity contribution in [3.05, 3.63) is 47.1 Å². The summed E-state index contributed by atoms with van der Waals surface area (Å²) in [7, 11) is 0. The van der Waals surface area contributed by atoms with Crippen LogP contribution in [0.4, 0.5) is 0 Å². The Bertz CT molecular complexity index is 975. The SMILES string of the molecule is CCOC(=O)CCN(CC)C(=O)Cc1csc2nc(-c3ccc(CC)cc3)cn12. The minimum Gasteiger partial charge on any atom is -0.466 e. The summed E-state index contributed by atoms with van der Waals surface area (Å²) in [5.41, 5.74) is 4.18. The number of ether oxygens (including phenoxy) is 1. The van der Waals surface area contributed by atoms with Crippen molar-refractivity contribution in [2.75, 3.05) is 19.7 Å². The molecule has 0 saturated carbocycles. The first-order chi connectivity index (χ1) is 14.0. The number of amides is 1. The molecule has 29 heavy (non-hydrogen) atoms. The van der Waals surface area contributed by atoms with E-state index in [4.69, 9.17) is 9.72 Å². The van der Waals surface area contributed by atoms with E-state index in [0.717, 1.165) is 28.3 Å². The number of aryl methyl sites for hydroxylation is 1. The summed E-state index contributed by atoms with van der Waals surface area (Å²) in [5, 5.41) is 1.98. The van der Waals surface area contributed by atoms with Gasteiger partial charge in [0.1, 0.15) is 0 Å². The summed E-state index contributed by atoms with van der Waals surface area (Å²) < 4.78 is 6.94. The van der Waals surface area contributed by atoms with Gasteiger partial charge in [0.2, 0.25) is 5.91 Å². The van der Waals surface area contributed by atoms with Gasteiger partial charge in [-0.15, -0.1) is 11.3 Å². The van der Waals surface area contributed by atoms with Gasteiger partial charge in [-0.3, -0.25) is 14.0 Å². The fraction of sp³-hybridized carbons (Fsp3) is 0.409. The van der Waals surface area contributed by atoms with E-state index in [1.54, 1.807) is 11.8 Å². The molecule has 1 aromatic carbocycles. The molecule has 0 fully saturated rings. The van der Waals surface area contributed by atoms with Gasteiger partial charge in [0.25, 0.3) is 0 Å². The maximum absolute atomic E-state index is 12.7. The van der Waals surface area contributed by atoms with E-state index < -0.39 is 0 Å². The van der Waals surface area contributed by atoms with Crippen LogP contribution in [-0.4, -0.2) is 45.9 Å². The van der Waals surface area contributed by atoms with E-state index in [9.17, 15) is 9.59 Å². The second-order valence-corrected chi connectivity index (χ2v) is 7.60. The number of rotatable bonds is 9. The molecule has 3 rings (SSSR count). The first-order valence-electron chi connectivity index (χ1n) is 10.0. The third-order valence-electron chi connectivity index (χ3n) is 4.90. The maximum atomic E-state index is 12.7. The minimum atomic E-state index is -0.273. The molecule has 0 spiro atoms. The van der Waals surface area contributed by atoms with E-state index in [2.05, 4.69) is 31.2 Å². The smallest absolute Gasteiger partial charge is 0.307 e. The van der Waals surface area contributed by atoms with Gasteiger partial charge in [-0.05, 0) is 25.8 Å². The molecule has 0 bridgehead atoms. The highest BCUT2D eigenvalue weighted by Gasteiger charge is 2.17. The van der Waals surface area contributed by atoms with Crippen LogP contribution in [-0.2, 0) is 27.2 Å². The van der Waals surface area contributed by atoms with Gasteiger partial charge in [-0.25, -0.2) is 4.98 Å². The first-order valence-corrected chi connectivity index (χ1v) is 10.9. The van der Waals surface area contributed by atoms with E-state index >= 15 is 0 Å². The Morgan fingerprint density at radius 1 is 1.17 bits per heavy atom. The van der Waals surface area contributed by atoms with Gasteiger partial charge in [0.15, 0.2) is 4.96 Å². The fourth-order valence-corrected chi connectivity index (χ4v) is 4.07. The Morgan fingerprint density at radius 2 is 1.93 bits per heavy atom. The number of fused-ring (bicyclic) bond motifs is 1. The van der Waals surface area contributed by atoms with Crippen LogP contribution in [0.15, 0.2) is 35.8 Å². The molecular weight excluding hydrogens is 386 g/mol. The number of imidazole rings is 1. The molecule has 154 valence electrons. The van der Waals surface area contributed by atoms with Crippen LogP contribution in [0.2, 0.25) is 0 Å². The molecule has 0 N–H and O–H groups in total. The molecule has 2 heterocycles. The lowest BCUT2D eigenvalue weighted by Gasteiger charge is -2.20. The zero-order chi connectivity index (χ0) is 20.8. The predicted molar refractivity (Wildman–Crippen MR) is 115 cm³/mol. The van der Waals surface area contributed by atoms with Crippen molar-refractivity contribution in [3.63, 3.8) is 0 Å². The number of hydrogen-bond acceptors (Lipinski definition) is 5. The predicted octanol–water partition coefficient (Wildman–Crippen LogP) is 3.97. The summed E-state index contributed by atoms with van der Waals surface area (Å²) >= 11 is 1.53. The zero-order valence-electron chi connectivity index (χ0n) is 17.2. The summed E-state index contributed by atoms with van der Waals surface area (Å²) in [6.45, 7) is 7.12. The number of thiazole rings is 1. The molecule has 0 aliphatic carbocycles. The van der Waals surface area contributed by atoms with Crippen LogP contribution in [0.5, 0.6) is 0 Å². The van der Waals surface area contributed by atoms with Gasteiger partial charge < -0.3 is 9.64 Å². The lowest BCUT2D eigenvalue weighted by atomic mass is 10.1. The third kappa shape index (κ3) is 5.03. The molecule has 7 heteroatoms. The van der Waals surface area contributed by atoms with Gasteiger partial charge >= 0.3 is 5.97 Å². The van der Waals surface area contributed by atoms with Crippen LogP contribution in [0, 0.1) is 0 Å². The number of aromatic nitrogens is 2. The normalized spacial score (nSPS) is 11.0. The largest absolute Gasteiger partial charge is 0.466 e. The first kappa shape index (κ1) is 21.0. The number of likely N-dealkylation sites (N-methyl/N-ethyl adjacent to an activating group) is 1. The Hall–Kier alpha value is -2.67. The Balaban J connectivity index is 1.71. The third-order valence-corrected chi connectivity index (χ3v) is 5.79. The molecule has 0 radical (unpaired) electrons. The summed E-state index contributed by atoms with van der Waals surface area (Å²) in [5.74, 6) is -0.274. The Labute approximate surface area is 175 Å². The highest BCUT2D eigenvalue weighted by molar-refractivity contribution is 7.15. The van der Waals surface area contributed by atoms with Gasteiger partial charge in [0.05, 0.1) is 25.1 Å². The van der Waals surface area contributed by atoms with Crippen LogP contribution >= 0.6 is 11.3 Å². The standard InChI is InChI=1S/C22H27N3O3S/c1-4-16-7-9-17(10-8-16)19-14-25-18(15-29-22(25)23-19)13-20(26)24(5-2)12-11-21(27)28-6-3/h7-10,14-15H,4-6,11-13H2,1-3H3. The van der Waals surface area contributed by atoms with Gasteiger partial charge in [0, 0.05) is 35.9 Å². The van der Waals surface area contributed by atoms with Crippen LogP contribution < -0.4 is 0 Å². The lowest BCUT2D eigenvalue weighted by molar-refractivity contribution is -0.144. The van der Waals surface area contributed by atoms with Gasteiger partial charge in [-0.2, -0.15) is 0 Å². The number of hydrogen-bond donors (Lipinski definition) is 0. The van der Waals surface area contributed by atoms with Crippen molar-refractivity contribution in [3.8, 4) is 11.3 Å². The van der Waals surface area contributed by atoms with E-state index in [-0.39, 0.29) is 24.7 Å². The average Bonchev–Trinajstić information content (AvgIpc) is 3.31. The number of carbonyl (C=O) groups is 2. The topological polar surface area (TPSA) is 63.9 Å². The molecule has 0 atom stereocenters. The van der Waals surface area contributed by atoms with Crippen molar-refractivity contribution in [1.29, 1.82) is 0 Å². The Kier molecular flexibility index (Phi) is 7.04. The van der Waals surface area contributed by atoms with Crippen molar-refractivity contribution >= 4 is 28.2 Å². The zero-order valence-corrected chi connectivity index (χ0v) is 18.0. The van der Waals surface area contributed by atoms with Crippen molar-refractivity contribution in [2.45, 2.75) is 40.0 Å². The van der Waals surface area contributed by atoms with Gasteiger partial charge in [-0.1, -0.05) is 31.2 Å². The lowest BCUT2D eigenvalue weighted by Crippen LogP contribution is -2.34. The maximum Gasteiger partial charge on any atom is 0.307 e. The van der Waals surface area contributed by atoms with Crippen LogP contribution in [0.3, 0.4) is 0 Å². The summed E-state index contributed by atoms with van der Waals surface area (Å²) in [6.07, 6.45) is 3.50. The monoisotopic (exact) mass is 413 g/mol. The quantitative estimate of drug-likeness (QED) is 0.498. The van der Waals surface area contributed by atoms with Crippen LogP contribution in [0.25, 0.3) is 16.2 Å². The molecule has 0 aliphatic rings. The van der Waals surface area contributed by atoms with Crippen molar-refractivity contribution in [2.24, 2.45) is 0 Å². The number of carbonyl (C=O) groups excluding carboxylic acids is 2. The van der Waals surface area contributed by atoms with Crippen molar-refractivity contribution in [1.82, 2.24) is 14.3 Å². The molecule has 0 unspecified atom stereocenters. The highest BCUT2D eigenvalue weighted by atomic mass is 32.1. The van der Waals surface area contributed by atoms with Crippen LogP contribution in [0.1, 0.15) is 38.4 Å². The fourth-order valence-electron chi connectivity index (χ4n) is 3.19. The van der Waals surface area contributed by atoms with E-state index in [1.165, 1.54) is 16.9 Å². The second-order valence-electron chi connectivity index (χ2n) is 6.76. The summed E-state index contributed by atoms with van der Waals surface area (Å²) in [4.78, 5) is 31.6. The average molecular weight is 414 g/mol. The molecular formula is C22H27N3O3S. The highest BCUT2D eigenvalue weighted by Crippen LogP contribution is 2.24. The molecule has 2 aromatic heterocycles. The number of benzene rings is 1. The second kappa shape index (κ2) is 9.69. The van der Waals surface area contributed by atoms with Crippen molar-refractivity contribution < 1.29 is 14.3 Å². The molecule has 6 nitrogen and oxygen atoms in total. The van der Waals surface area contributed by atoms with E-state index in [1.807, 2.05) is 22.9 Å². The molecule has 3 aromatic rings. The molecule has 0 saturated heterocycles. The summed E-state index contributed by atoms with van der Waals surface area (Å²) in [6, 6.07) is 8.42. The minimum absolute atomic E-state index is 0.000882. The number of nitrogens with zero attached hydrogens (tertiary/aromatic N) is 3. The molecule has 1 amide bonds. The Morgan fingerprint density at radius 3 is 2.59 bits per heavy atom. The number of esters is 1.